The van der Waals surface area contributed by atoms with E-state index in [2.05, 4.69) is 4.98 Å². The van der Waals surface area contributed by atoms with Crippen molar-refractivity contribution in [2.75, 3.05) is 18.1 Å². The van der Waals surface area contributed by atoms with Crippen molar-refractivity contribution in [2.24, 2.45) is 0 Å². The molecule has 150 valence electrons. The summed E-state index contributed by atoms with van der Waals surface area (Å²) in [6, 6.07) is 12.8. The van der Waals surface area contributed by atoms with Gasteiger partial charge in [0.2, 0.25) is 11.8 Å². The molecule has 4 rings (SSSR count). The van der Waals surface area contributed by atoms with Crippen molar-refractivity contribution in [2.45, 2.75) is 29.9 Å². The molecule has 1 aliphatic heterocycles. The van der Waals surface area contributed by atoms with Crippen LogP contribution in [0.5, 0.6) is 11.5 Å². The second-order valence-corrected chi connectivity index (χ2v) is 8.83. The fourth-order valence-electron chi connectivity index (χ4n) is 3.14. The van der Waals surface area contributed by atoms with E-state index in [0.29, 0.717) is 24.7 Å². The van der Waals surface area contributed by atoms with Crippen LogP contribution < -0.4 is 14.4 Å². The van der Waals surface area contributed by atoms with Crippen molar-refractivity contribution in [3.8, 4) is 11.5 Å². The predicted molar refractivity (Wildman–Crippen MR) is 115 cm³/mol. The number of carbonyl (C=O) groups is 2. The Bertz CT molecular complexity index is 1050. The molecule has 3 aromatic rings. The molecule has 0 unspecified atom stereocenters. The summed E-state index contributed by atoms with van der Waals surface area (Å²) >= 11 is 2.85. The van der Waals surface area contributed by atoms with Crippen LogP contribution in [-0.4, -0.2) is 35.3 Å². The summed E-state index contributed by atoms with van der Waals surface area (Å²) in [6.07, 6.45) is 0.164. The van der Waals surface area contributed by atoms with Gasteiger partial charge in [-0.05, 0) is 56.3 Å². The largest absolute Gasteiger partial charge is 0.494 e. The molecule has 1 fully saturated rings. The van der Waals surface area contributed by atoms with Crippen LogP contribution >= 0.6 is 23.1 Å². The maximum atomic E-state index is 12.9. The Labute approximate surface area is 176 Å². The number of aromatic nitrogens is 1. The standard InChI is InChI=1S/C21H20N2O4S2/c1-3-26-14-7-5-13(6-8-14)23-19(24)12-18(20(23)25)29-21-22-16-10-9-15(27-4-2)11-17(16)28-21/h5-11,18H,3-4,12H2,1-2H3/t18-/m0/s1. The zero-order valence-electron chi connectivity index (χ0n) is 16.1. The van der Waals surface area contributed by atoms with Crippen LogP contribution in [0.25, 0.3) is 10.2 Å². The molecule has 0 bridgehead atoms. The lowest BCUT2D eigenvalue weighted by molar-refractivity contribution is -0.121. The zero-order valence-corrected chi connectivity index (χ0v) is 17.7. The minimum Gasteiger partial charge on any atom is -0.494 e. The van der Waals surface area contributed by atoms with Gasteiger partial charge in [-0.3, -0.25) is 9.59 Å². The molecule has 8 heteroatoms. The number of anilines is 1. The van der Waals surface area contributed by atoms with Gasteiger partial charge in [0.25, 0.3) is 0 Å². The van der Waals surface area contributed by atoms with E-state index < -0.39 is 5.25 Å². The molecule has 2 heterocycles. The van der Waals surface area contributed by atoms with E-state index in [1.807, 2.05) is 32.0 Å². The highest BCUT2D eigenvalue weighted by molar-refractivity contribution is 8.02. The molecular formula is C21H20N2O4S2. The maximum absolute atomic E-state index is 12.9. The molecule has 0 radical (unpaired) electrons. The molecule has 0 spiro atoms. The summed E-state index contributed by atoms with van der Waals surface area (Å²) in [5, 5.41) is -0.471. The summed E-state index contributed by atoms with van der Waals surface area (Å²) in [7, 11) is 0. The number of carbonyl (C=O) groups excluding carboxylic acids is 2. The third kappa shape index (κ3) is 4.09. The van der Waals surface area contributed by atoms with Gasteiger partial charge in [0.1, 0.15) is 16.7 Å². The van der Waals surface area contributed by atoms with E-state index in [0.717, 1.165) is 20.3 Å². The highest BCUT2D eigenvalue weighted by Crippen LogP contribution is 2.38. The lowest BCUT2D eigenvalue weighted by Gasteiger charge is -2.15. The summed E-state index contributed by atoms with van der Waals surface area (Å²) in [5.41, 5.74) is 1.43. The molecule has 0 saturated carbocycles. The average molecular weight is 429 g/mol. The van der Waals surface area contributed by atoms with E-state index in [4.69, 9.17) is 9.47 Å². The van der Waals surface area contributed by atoms with E-state index in [-0.39, 0.29) is 18.2 Å². The van der Waals surface area contributed by atoms with Crippen molar-refractivity contribution in [1.29, 1.82) is 0 Å². The molecule has 0 aliphatic carbocycles. The summed E-state index contributed by atoms with van der Waals surface area (Å²) in [4.78, 5) is 31.3. The average Bonchev–Trinajstić information content (AvgIpc) is 3.23. The molecule has 6 nitrogen and oxygen atoms in total. The molecule has 29 heavy (non-hydrogen) atoms. The van der Waals surface area contributed by atoms with Crippen molar-refractivity contribution >= 4 is 50.8 Å². The van der Waals surface area contributed by atoms with Gasteiger partial charge < -0.3 is 9.47 Å². The first-order valence-corrected chi connectivity index (χ1v) is 11.1. The van der Waals surface area contributed by atoms with E-state index in [9.17, 15) is 9.59 Å². The first kappa shape index (κ1) is 19.7. The molecule has 2 aromatic carbocycles. The van der Waals surface area contributed by atoms with Gasteiger partial charge in [-0.2, -0.15) is 0 Å². The number of hydrogen-bond acceptors (Lipinski definition) is 7. The second kappa shape index (κ2) is 8.42. The fraction of sp³-hybridized carbons (Fsp3) is 0.286. The molecule has 1 aliphatic rings. The highest BCUT2D eigenvalue weighted by Gasteiger charge is 2.40. The van der Waals surface area contributed by atoms with Crippen LogP contribution in [0.3, 0.4) is 0 Å². The third-order valence-corrected chi connectivity index (χ3v) is 6.70. The highest BCUT2D eigenvalue weighted by atomic mass is 32.2. The van der Waals surface area contributed by atoms with Gasteiger partial charge in [0.15, 0.2) is 4.34 Å². The first-order valence-electron chi connectivity index (χ1n) is 9.38. The Morgan fingerprint density at radius 1 is 1.07 bits per heavy atom. The molecule has 1 atom stereocenters. The third-order valence-electron chi connectivity index (χ3n) is 4.41. The molecule has 1 aromatic heterocycles. The smallest absolute Gasteiger partial charge is 0.247 e. The lowest BCUT2D eigenvalue weighted by Crippen LogP contribution is -2.31. The van der Waals surface area contributed by atoms with Gasteiger partial charge in [-0.25, -0.2) is 9.88 Å². The Morgan fingerprint density at radius 3 is 2.48 bits per heavy atom. The number of amides is 2. The van der Waals surface area contributed by atoms with Crippen molar-refractivity contribution in [1.82, 2.24) is 4.98 Å². The van der Waals surface area contributed by atoms with Crippen LogP contribution in [0.15, 0.2) is 46.8 Å². The van der Waals surface area contributed by atoms with Crippen molar-refractivity contribution < 1.29 is 19.1 Å². The van der Waals surface area contributed by atoms with Gasteiger partial charge in [0.05, 0.1) is 29.1 Å². The van der Waals surface area contributed by atoms with E-state index in [1.54, 1.807) is 24.3 Å². The van der Waals surface area contributed by atoms with Crippen LogP contribution in [0.1, 0.15) is 20.3 Å². The second-order valence-electron chi connectivity index (χ2n) is 6.35. The fourth-order valence-corrected chi connectivity index (χ4v) is 5.50. The number of rotatable bonds is 7. The number of nitrogens with zero attached hydrogens (tertiary/aromatic N) is 2. The number of imide groups is 1. The number of fused-ring (bicyclic) bond motifs is 1. The summed E-state index contributed by atoms with van der Waals surface area (Å²) in [6.45, 7) is 5.01. The normalized spacial score (nSPS) is 16.6. The zero-order chi connectivity index (χ0) is 20.4. The van der Waals surface area contributed by atoms with Gasteiger partial charge >= 0.3 is 0 Å². The minimum absolute atomic E-state index is 0.164. The van der Waals surface area contributed by atoms with Crippen LogP contribution in [0, 0.1) is 0 Å². The van der Waals surface area contributed by atoms with E-state index >= 15 is 0 Å². The van der Waals surface area contributed by atoms with Gasteiger partial charge in [-0.1, -0.05) is 11.8 Å². The topological polar surface area (TPSA) is 68.7 Å². The summed E-state index contributed by atoms with van der Waals surface area (Å²) in [5.74, 6) is 1.10. The first-order chi connectivity index (χ1) is 14.1. The predicted octanol–water partition coefficient (Wildman–Crippen LogP) is 4.52. The summed E-state index contributed by atoms with van der Waals surface area (Å²) < 4.78 is 12.7. The molecule has 2 amide bonds. The Hall–Kier alpha value is -2.58. The molecule has 0 N–H and O–H groups in total. The molecular weight excluding hydrogens is 408 g/mol. The minimum atomic E-state index is -0.471. The quantitative estimate of drug-likeness (QED) is 0.516. The monoisotopic (exact) mass is 428 g/mol. The number of ether oxygens (including phenoxy) is 2. The van der Waals surface area contributed by atoms with Crippen LogP contribution in [0.4, 0.5) is 5.69 Å². The maximum Gasteiger partial charge on any atom is 0.247 e. The Balaban J connectivity index is 1.50. The van der Waals surface area contributed by atoms with Crippen molar-refractivity contribution in [3.63, 3.8) is 0 Å². The Morgan fingerprint density at radius 2 is 1.76 bits per heavy atom. The van der Waals surface area contributed by atoms with Gasteiger partial charge in [-0.15, -0.1) is 11.3 Å². The lowest BCUT2D eigenvalue weighted by atomic mass is 10.3. The van der Waals surface area contributed by atoms with Crippen molar-refractivity contribution in [3.05, 3.63) is 42.5 Å². The SMILES string of the molecule is CCOc1ccc(N2C(=O)C[C@H](Sc3nc4ccc(OCC)cc4s3)C2=O)cc1. The number of hydrogen-bond donors (Lipinski definition) is 0. The molecule has 1 saturated heterocycles. The number of thioether (sulfide) groups is 1. The number of benzene rings is 2. The van der Waals surface area contributed by atoms with Gasteiger partial charge in [0, 0.05) is 6.42 Å². The van der Waals surface area contributed by atoms with Crippen LogP contribution in [0.2, 0.25) is 0 Å². The Kier molecular flexibility index (Phi) is 5.73. The number of thiazole rings is 1. The van der Waals surface area contributed by atoms with Crippen LogP contribution in [-0.2, 0) is 9.59 Å². The van der Waals surface area contributed by atoms with E-state index in [1.165, 1.54) is 28.0 Å².